The van der Waals surface area contributed by atoms with Gasteiger partial charge < -0.3 is 30.9 Å². The normalized spacial score (nSPS) is 23.9. The molecule has 2 fully saturated rings. The molecule has 3 heterocycles. The summed E-state index contributed by atoms with van der Waals surface area (Å²) >= 11 is 0. The van der Waals surface area contributed by atoms with Crippen LogP contribution in [-0.2, 0) is 25.6 Å². The van der Waals surface area contributed by atoms with Crippen molar-refractivity contribution in [2.24, 2.45) is 11.1 Å². The second-order valence-corrected chi connectivity index (χ2v) is 12.5. The van der Waals surface area contributed by atoms with Crippen molar-refractivity contribution < 1.29 is 29.2 Å². The van der Waals surface area contributed by atoms with Gasteiger partial charge in [0.15, 0.2) is 0 Å². The van der Waals surface area contributed by atoms with Crippen LogP contribution in [0.2, 0.25) is 0 Å². The van der Waals surface area contributed by atoms with E-state index in [2.05, 4.69) is 21.1 Å². The van der Waals surface area contributed by atoms with E-state index in [1.165, 1.54) is 0 Å². The first kappa shape index (κ1) is 34.8. The van der Waals surface area contributed by atoms with Gasteiger partial charge in [0.2, 0.25) is 23.6 Å². The lowest BCUT2D eigenvalue weighted by Crippen LogP contribution is -2.64. The second-order valence-electron chi connectivity index (χ2n) is 12.5. The van der Waals surface area contributed by atoms with Gasteiger partial charge in [-0.1, -0.05) is 63.4 Å². The molecule has 0 radical (unpaired) electrons. The smallest absolute Gasteiger partial charge is 0.246 e. The van der Waals surface area contributed by atoms with Crippen LogP contribution in [0.3, 0.4) is 0 Å². The van der Waals surface area contributed by atoms with E-state index >= 15 is 0 Å². The summed E-state index contributed by atoms with van der Waals surface area (Å²) < 4.78 is 1.62. The van der Waals surface area contributed by atoms with E-state index < -0.39 is 36.0 Å². The lowest BCUT2D eigenvalue weighted by atomic mass is 9.93. The fourth-order valence-electron chi connectivity index (χ4n) is 6.51. The number of oxime groups is 1. The molecule has 0 spiro atoms. The number of hydrogen-bond acceptors (Lipinski definition) is 7. The Bertz CT molecular complexity index is 1410. The number of para-hydroxylation sites is 1. The van der Waals surface area contributed by atoms with Crippen molar-refractivity contribution in [3.63, 3.8) is 0 Å². The van der Waals surface area contributed by atoms with Gasteiger partial charge in [-0.25, -0.2) is 0 Å². The van der Waals surface area contributed by atoms with E-state index in [4.69, 9.17) is 10.0 Å². The number of nitrogens with zero attached hydrogens (tertiary/aromatic N) is 3. The summed E-state index contributed by atoms with van der Waals surface area (Å²) in [4.78, 5) is 62.9. The number of aromatic nitrogens is 1. The lowest BCUT2D eigenvalue weighted by molar-refractivity contribution is -0.147. The Hall–Kier alpha value is -4.09. The van der Waals surface area contributed by atoms with E-state index in [1.54, 1.807) is 22.9 Å². The van der Waals surface area contributed by atoms with Gasteiger partial charge >= 0.3 is 0 Å². The van der Waals surface area contributed by atoms with Gasteiger partial charge in [0.1, 0.15) is 31.3 Å². The van der Waals surface area contributed by atoms with Crippen LogP contribution in [0, 0.1) is 5.92 Å². The van der Waals surface area contributed by atoms with Gasteiger partial charge in [-0.2, -0.15) is 4.73 Å². The monoisotopic (exact) mass is 638 g/mol. The highest BCUT2D eigenvalue weighted by Crippen LogP contribution is 2.24. The quantitative estimate of drug-likeness (QED) is 0.121. The fourth-order valence-corrected chi connectivity index (χ4v) is 6.51. The molecule has 4 N–H and O–H groups in total. The van der Waals surface area contributed by atoms with Gasteiger partial charge in [-0.05, 0) is 62.5 Å². The highest BCUT2D eigenvalue weighted by molar-refractivity contribution is 5.98. The van der Waals surface area contributed by atoms with Crippen LogP contribution in [0.25, 0.3) is 10.9 Å². The third-order valence-electron chi connectivity index (χ3n) is 9.52. The van der Waals surface area contributed by atoms with Crippen LogP contribution < -0.4 is 20.8 Å². The van der Waals surface area contributed by atoms with Crippen molar-refractivity contribution in [2.75, 3.05) is 13.7 Å². The van der Waals surface area contributed by atoms with Crippen LogP contribution in [0.5, 0.6) is 0 Å². The number of piperidine rings is 1. The average Bonchev–Trinajstić information content (AvgIpc) is 3.43. The molecule has 4 amide bonds. The van der Waals surface area contributed by atoms with Crippen LogP contribution in [0.4, 0.5) is 0 Å². The summed E-state index contributed by atoms with van der Waals surface area (Å²) in [5.74, 6) is -1.68. The largest absolute Gasteiger partial charge is 0.417 e. The van der Waals surface area contributed by atoms with E-state index in [9.17, 15) is 19.2 Å². The summed E-state index contributed by atoms with van der Waals surface area (Å²) in [5, 5.41) is 22.2. The van der Waals surface area contributed by atoms with Crippen molar-refractivity contribution in [1.29, 1.82) is 0 Å². The van der Waals surface area contributed by atoms with Crippen molar-refractivity contribution in [3.8, 4) is 0 Å². The first-order chi connectivity index (χ1) is 22.2. The highest BCUT2D eigenvalue weighted by atomic mass is 16.6. The predicted molar refractivity (Wildman–Crippen MR) is 175 cm³/mol. The maximum atomic E-state index is 14.1. The molecule has 1 aromatic carbocycles. The average molecular weight is 639 g/mol. The minimum absolute atomic E-state index is 0.156. The van der Waals surface area contributed by atoms with Crippen molar-refractivity contribution >= 4 is 40.2 Å². The molecule has 12 heteroatoms. The van der Waals surface area contributed by atoms with Crippen molar-refractivity contribution in [3.05, 3.63) is 36.0 Å². The Morgan fingerprint density at radius 1 is 1.00 bits per heavy atom. The number of benzene rings is 1. The first-order valence-corrected chi connectivity index (χ1v) is 16.8. The molecule has 2 aliphatic rings. The summed E-state index contributed by atoms with van der Waals surface area (Å²) in [6, 6.07) is 4.21. The zero-order chi connectivity index (χ0) is 33.2. The van der Waals surface area contributed by atoms with E-state index in [-0.39, 0.29) is 24.2 Å². The second kappa shape index (κ2) is 16.5. The van der Waals surface area contributed by atoms with Crippen LogP contribution in [0.1, 0.15) is 90.5 Å². The van der Waals surface area contributed by atoms with E-state index in [1.807, 2.05) is 45.0 Å². The molecule has 2 saturated heterocycles. The molecular formula is C34H50N6O6. The molecule has 0 bridgehead atoms. The molecule has 2 aliphatic heterocycles. The number of fused-ring (bicyclic) bond motifs is 2. The van der Waals surface area contributed by atoms with Crippen LogP contribution in [0.15, 0.2) is 35.6 Å². The standard InChI is InChI=1S/C34H50N6O6/c1-5-22(3)30-34(44)39-19-13-12-18-29(39)33(43)35-26(16-9-7-8-14-24(6-2)38-45)31(41)36-27(32(42)37-30)20-23-21-40(46-4)28-17-11-10-15-25(23)28/h10-11,15,17,21-22,26-27,29-30,45H,5-9,12-14,16,18-20H2,1-4H3,(H,35,43)(H,36,41)(H,37,42)/b38-24+/t22?,26-,27-,29+,30-/m0/s1. The number of amides is 4. The molecule has 12 nitrogen and oxygen atoms in total. The Morgan fingerprint density at radius 3 is 2.46 bits per heavy atom. The van der Waals surface area contributed by atoms with Gasteiger partial charge in [-0.3, -0.25) is 19.2 Å². The zero-order valence-corrected chi connectivity index (χ0v) is 27.6. The number of nitrogens with one attached hydrogen (secondary N) is 3. The maximum Gasteiger partial charge on any atom is 0.246 e. The summed E-state index contributed by atoms with van der Waals surface area (Å²) in [7, 11) is 1.56. The maximum absolute atomic E-state index is 14.1. The first-order valence-electron chi connectivity index (χ1n) is 16.8. The van der Waals surface area contributed by atoms with Gasteiger partial charge in [-0.15, -0.1) is 0 Å². The van der Waals surface area contributed by atoms with E-state index in [0.29, 0.717) is 45.1 Å². The summed E-state index contributed by atoms with van der Waals surface area (Å²) in [5.41, 5.74) is 2.34. The third-order valence-corrected chi connectivity index (χ3v) is 9.52. The Kier molecular flexibility index (Phi) is 12.4. The Labute approximate surface area is 271 Å². The van der Waals surface area contributed by atoms with Gasteiger partial charge in [0.25, 0.3) is 0 Å². The number of unbranched alkanes of at least 4 members (excludes halogenated alkanes) is 2. The third kappa shape index (κ3) is 8.19. The highest BCUT2D eigenvalue weighted by Gasteiger charge is 2.40. The summed E-state index contributed by atoms with van der Waals surface area (Å²) in [6.45, 7) is 6.23. The van der Waals surface area contributed by atoms with Crippen LogP contribution >= 0.6 is 0 Å². The topological polar surface area (TPSA) is 154 Å². The molecule has 2 aromatic rings. The molecule has 4 rings (SSSR count). The molecule has 0 aliphatic carbocycles. The van der Waals surface area contributed by atoms with E-state index in [0.717, 1.165) is 47.9 Å². The minimum Gasteiger partial charge on any atom is -0.417 e. The SMILES string of the molecule is CC/C(CCCCC[C@@H]1NC(=O)[C@H]2CCCCN2C(=O)[C@H](C(C)CC)NC(=O)[C@H](Cc2cn(OC)c3ccccc23)NC1=O)=N\O. The Balaban J connectivity index is 1.65. The number of hydrogen-bond donors (Lipinski definition) is 4. The molecule has 1 aromatic heterocycles. The fraction of sp³-hybridized carbons (Fsp3) is 0.618. The van der Waals surface area contributed by atoms with Crippen LogP contribution in [-0.4, -0.2) is 82.0 Å². The molecular weight excluding hydrogens is 588 g/mol. The van der Waals surface area contributed by atoms with Crippen molar-refractivity contribution in [1.82, 2.24) is 25.6 Å². The van der Waals surface area contributed by atoms with Gasteiger partial charge in [0.05, 0.1) is 11.2 Å². The molecule has 5 atom stereocenters. The van der Waals surface area contributed by atoms with Gasteiger partial charge in [0, 0.05) is 24.5 Å². The molecule has 1 unspecified atom stereocenters. The molecule has 0 saturated carbocycles. The Morgan fingerprint density at radius 2 is 1.74 bits per heavy atom. The summed E-state index contributed by atoms with van der Waals surface area (Å²) in [6.07, 6.45) is 8.54. The number of rotatable bonds is 12. The lowest BCUT2D eigenvalue weighted by Gasteiger charge is -2.39. The minimum atomic E-state index is -1.01. The predicted octanol–water partition coefficient (Wildman–Crippen LogP) is 3.33. The zero-order valence-electron chi connectivity index (χ0n) is 27.6. The van der Waals surface area contributed by atoms with Crippen molar-refractivity contribution in [2.45, 2.75) is 116 Å². The molecule has 252 valence electrons. The molecule has 46 heavy (non-hydrogen) atoms. The number of carbonyl (C=O) groups is 4. The number of carbonyl (C=O) groups excluding carboxylic acids is 4.